The molecule has 0 fully saturated rings. The van der Waals surface area contributed by atoms with E-state index in [0.29, 0.717) is 6.61 Å². The summed E-state index contributed by atoms with van der Waals surface area (Å²) in [6.07, 6.45) is -0.429. The lowest BCUT2D eigenvalue weighted by Gasteiger charge is -2.08. The smallest absolute Gasteiger partial charge is 0.411 e. The van der Waals surface area contributed by atoms with E-state index in [1.807, 2.05) is 24.3 Å². The van der Waals surface area contributed by atoms with Gasteiger partial charge in [-0.25, -0.2) is 4.79 Å². The van der Waals surface area contributed by atoms with Gasteiger partial charge in [0.25, 0.3) is 0 Å². The van der Waals surface area contributed by atoms with Gasteiger partial charge in [-0.3, -0.25) is 5.32 Å². The molecular weight excluding hydrogens is 260 g/mol. The Balaban J connectivity index is 1.85. The molecule has 0 aliphatic carbocycles. The minimum absolute atomic E-state index is 0.367. The van der Waals surface area contributed by atoms with Crippen molar-refractivity contribution in [2.75, 3.05) is 17.2 Å². The quantitative estimate of drug-likeness (QED) is 0.870. The van der Waals surface area contributed by atoms with Crippen molar-refractivity contribution in [3.8, 4) is 0 Å². The molecule has 2 N–H and O–H groups in total. The van der Waals surface area contributed by atoms with Gasteiger partial charge in [-0.2, -0.15) is 11.3 Å². The summed E-state index contributed by atoms with van der Waals surface area (Å²) in [5.41, 5.74) is 3.00. The van der Waals surface area contributed by atoms with Crippen LogP contribution in [-0.4, -0.2) is 12.7 Å². The molecule has 0 saturated heterocycles. The fourth-order valence-corrected chi connectivity index (χ4v) is 2.22. The number of rotatable bonds is 5. The minimum atomic E-state index is -0.429. The van der Waals surface area contributed by atoms with E-state index < -0.39 is 6.09 Å². The van der Waals surface area contributed by atoms with E-state index in [9.17, 15) is 4.79 Å². The first-order valence-corrected chi connectivity index (χ1v) is 7.01. The van der Waals surface area contributed by atoms with E-state index in [1.165, 1.54) is 5.56 Å². The van der Waals surface area contributed by atoms with Crippen molar-refractivity contribution >= 4 is 28.8 Å². The molecule has 0 atom stereocenters. The van der Waals surface area contributed by atoms with Crippen LogP contribution in [0.25, 0.3) is 0 Å². The van der Waals surface area contributed by atoms with Crippen LogP contribution in [0.3, 0.4) is 0 Å². The lowest BCUT2D eigenvalue weighted by molar-refractivity contribution is 0.168. The van der Waals surface area contributed by atoms with Crippen LogP contribution in [0.4, 0.5) is 16.2 Å². The summed E-state index contributed by atoms with van der Waals surface area (Å²) in [6.45, 7) is 2.94. The third kappa shape index (κ3) is 4.30. The average Bonchev–Trinajstić information content (AvgIpc) is 2.91. The monoisotopic (exact) mass is 276 g/mol. The van der Waals surface area contributed by atoms with Crippen molar-refractivity contribution < 1.29 is 9.53 Å². The van der Waals surface area contributed by atoms with Gasteiger partial charge in [-0.05, 0) is 53.6 Å². The van der Waals surface area contributed by atoms with Crippen LogP contribution in [0.1, 0.15) is 12.5 Å². The van der Waals surface area contributed by atoms with E-state index in [-0.39, 0.29) is 0 Å². The molecule has 0 bridgehead atoms. The predicted octanol–water partition coefficient (Wildman–Crippen LogP) is 3.93. The summed E-state index contributed by atoms with van der Waals surface area (Å²) in [5, 5.41) is 10.1. The highest BCUT2D eigenvalue weighted by molar-refractivity contribution is 7.07. The molecule has 100 valence electrons. The first-order chi connectivity index (χ1) is 9.28. The largest absolute Gasteiger partial charge is 0.450 e. The summed E-state index contributed by atoms with van der Waals surface area (Å²) in [6, 6.07) is 9.62. The summed E-state index contributed by atoms with van der Waals surface area (Å²) in [7, 11) is 0. The standard InChI is InChI=1S/C14H16N2O2S/c1-2-18-14(17)16-13-5-3-12(4-6-13)15-9-11-7-8-19-10-11/h3-8,10,15H,2,9H2,1H3,(H,16,17). The number of anilines is 2. The second kappa shape index (κ2) is 6.80. The molecule has 1 aromatic heterocycles. The van der Waals surface area contributed by atoms with Gasteiger partial charge in [-0.1, -0.05) is 0 Å². The Morgan fingerprint density at radius 2 is 1.95 bits per heavy atom. The van der Waals surface area contributed by atoms with Crippen LogP contribution in [0.5, 0.6) is 0 Å². The van der Waals surface area contributed by atoms with Gasteiger partial charge in [0.05, 0.1) is 6.61 Å². The van der Waals surface area contributed by atoms with Crippen molar-refractivity contribution in [1.82, 2.24) is 0 Å². The molecule has 19 heavy (non-hydrogen) atoms. The van der Waals surface area contributed by atoms with Gasteiger partial charge in [0.1, 0.15) is 0 Å². The zero-order chi connectivity index (χ0) is 13.5. The topological polar surface area (TPSA) is 50.4 Å². The van der Waals surface area contributed by atoms with E-state index in [1.54, 1.807) is 18.3 Å². The molecule has 1 amide bonds. The van der Waals surface area contributed by atoms with Gasteiger partial charge >= 0.3 is 6.09 Å². The van der Waals surface area contributed by atoms with Crippen LogP contribution >= 0.6 is 11.3 Å². The Morgan fingerprint density at radius 1 is 1.21 bits per heavy atom. The first kappa shape index (κ1) is 13.4. The molecule has 2 rings (SSSR count). The van der Waals surface area contributed by atoms with Crippen molar-refractivity contribution in [1.29, 1.82) is 0 Å². The Bertz CT molecular complexity index is 509. The highest BCUT2D eigenvalue weighted by atomic mass is 32.1. The van der Waals surface area contributed by atoms with Crippen molar-refractivity contribution in [2.45, 2.75) is 13.5 Å². The fraction of sp³-hybridized carbons (Fsp3) is 0.214. The molecule has 5 heteroatoms. The molecule has 0 aliphatic rings. The SMILES string of the molecule is CCOC(=O)Nc1ccc(NCc2ccsc2)cc1. The van der Waals surface area contributed by atoms with Crippen molar-refractivity contribution in [3.05, 3.63) is 46.7 Å². The zero-order valence-corrected chi connectivity index (χ0v) is 11.5. The van der Waals surface area contributed by atoms with Gasteiger partial charge in [0, 0.05) is 17.9 Å². The second-order valence-corrected chi connectivity index (χ2v) is 4.69. The molecule has 2 aromatic rings. The number of hydrogen-bond donors (Lipinski definition) is 2. The van der Waals surface area contributed by atoms with E-state index >= 15 is 0 Å². The van der Waals surface area contributed by atoms with Gasteiger partial charge in [-0.15, -0.1) is 0 Å². The van der Waals surface area contributed by atoms with E-state index in [4.69, 9.17) is 4.74 Å². The van der Waals surface area contributed by atoms with Gasteiger partial charge in [0.2, 0.25) is 0 Å². The Morgan fingerprint density at radius 3 is 2.58 bits per heavy atom. The highest BCUT2D eigenvalue weighted by Crippen LogP contribution is 2.15. The number of carbonyl (C=O) groups is 1. The molecule has 0 spiro atoms. The maximum atomic E-state index is 11.2. The maximum absolute atomic E-state index is 11.2. The lowest BCUT2D eigenvalue weighted by Crippen LogP contribution is -2.13. The predicted molar refractivity (Wildman–Crippen MR) is 78.7 cm³/mol. The third-order valence-electron chi connectivity index (χ3n) is 2.48. The van der Waals surface area contributed by atoms with Gasteiger partial charge < -0.3 is 10.1 Å². The third-order valence-corrected chi connectivity index (χ3v) is 3.22. The number of benzene rings is 1. The van der Waals surface area contributed by atoms with Crippen LogP contribution in [0.15, 0.2) is 41.1 Å². The van der Waals surface area contributed by atoms with E-state index in [2.05, 4.69) is 27.5 Å². The Hall–Kier alpha value is -2.01. The van der Waals surface area contributed by atoms with E-state index in [0.717, 1.165) is 17.9 Å². The normalized spacial score (nSPS) is 9.95. The first-order valence-electron chi connectivity index (χ1n) is 6.06. The fourth-order valence-electron chi connectivity index (χ4n) is 1.55. The summed E-state index contributed by atoms with van der Waals surface area (Å²) < 4.78 is 4.81. The van der Waals surface area contributed by atoms with Gasteiger partial charge in [0.15, 0.2) is 0 Å². The zero-order valence-electron chi connectivity index (χ0n) is 10.7. The Kier molecular flexibility index (Phi) is 4.80. The molecule has 0 radical (unpaired) electrons. The van der Waals surface area contributed by atoms with Crippen LogP contribution in [-0.2, 0) is 11.3 Å². The lowest BCUT2D eigenvalue weighted by atomic mass is 10.2. The second-order valence-electron chi connectivity index (χ2n) is 3.91. The summed E-state index contributed by atoms with van der Waals surface area (Å²) >= 11 is 1.69. The molecule has 1 aromatic carbocycles. The summed E-state index contributed by atoms with van der Waals surface area (Å²) in [5.74, 6) is 0. The minimum Gasteiger partial charge on any atom is -0.450 e. The average molecular weight is 276 g/mol. The van der Waals surface area contributed by atoms with Crippen LogP contribution in [0, 0.1) is 0 Å². The number of ether oxygens (including phenoxy) is 1. The van der Waals surface area contributed by atoms with Crippen LogP contribution < -0.4 is 10.6 Å². The van der Waals surface area contributed by atoms with Crippen LogP contribution in [0.2, 0.25) is 0 Å². The van der Waals surface area contributed by atoms with Crippen molar-refractivity contribution in [2.24, 2.45) is 0 Å². The molecule has 0 saturated carbocycles. The summed E-state index contributed by atoms with van der Waals surface area (Å²) in [4.78, 5) is 11.2. The molecule has 4 nitrogen and oxygen atoms in total. The maximum Gasteiger partial charge on any atom is 0.411 e. The number of thiophene rings is 1. The Labute approximate surface area is 116 Å². The molecular formula is C14H16N2O2S. The highest BCUT2D eigenvalue weighted by Gasteiger charge is 2.01. The molecule has 1 heterocycles. The number of carbonyl (C=O) groups excluding carboxylic acids is 1. The molecule has 0 unspecified atom stereocenters. The van der Waals surface area contributed by atoms with Crippen molar-refractivity contribution in [3.63, 3.8) is 0 Å². The molecule has 0 aliphatic heterocycles. The number of nitrogens with one attached hydrogen (secondary N) is 2. The number of amides is 1. The number of hydrogen-bond acceptors (Lipinski definition) is 4.